The third-order valence-electron chi connectivity index (χ3n) is 5.72. The summed E-state index contributed by atoms with van der Waals surface area (Å²) in [7, 11) is 1.83. The summed E-state index contributed by atoms with van der Waals surface area (Å²) < 4.78 is 11.8. The molecule has 0 aliphatic carbocycles. The summed E-state index contributed by atoms with van der Waals surface area (Å²) >= 11 is 0. The van der Waals surface area contributed by atoms with E-state index in [1.165, 1.54) is 5.56 Å². The van der Waals surface area contributed by atoms with Gasteiger partial charge in [-0.2, -0.15) is 0 Å². The molecule has 31 heavy (non-hydrogen) atoms. The van der Waals surface area contributed by atoms with Crippen molar-refractivity contribution < 1.29 is 9.47 Å². The van der Waals surface area contributed by atoms with Crippen LogP contribution in [-0.4, -0.2) is 72.8 Å². The van der Waals surface area contributed by atoms with Crippen LogP contribution in [0.5, 0.6) is 5.88 Å². The van der Waals surface area contributed by atoms with Gasteiger partial charge in [0.1, 0.15) is 0 Å². The molecule has 1 aromatic carbocycles. The van der Waals surface area contributed by atoms with Gasteiger partial charge in [0.2, 0.25) is 5.88 Å². The number of pyridine rings is 1. The molecule has 1 N–H and O–H groups in total. The lowest BCUT2D eigenvalue weighted by Gasteiger charge is -2.36. The summed E-state index contributed by atoms with van der Waals surface area (Å²) in [6.45, 7) is 7.64. The van der Waals surface area contributed by atoms with Gasteiger partial charge in [-0.25, -0.2) is 4.98 Å². The van der Waals surface area contributed by atoms with Gasteiger partial charge in [0, 0.05) is 51.5 Å². The molecule has 2 fully saturated rings. The van der Waals surface area contributed by atoms with Crippen molar-refractivity contribution in [1.29, 1.82) is 0 Å². The van der Waals surface area contributed by atoms with Gasteiger partial charge in [0.25, 0.3) is 0 Å². The first-order chi connectivity index (χ1) is 14.8. The molecular weight excluding hydrogens is 505 g/mol. The summed E-state index contributed by atoms with van der Waals surface area (Å²) in [6.07, 6.45) is 1.96. The largest absolute Gasteiger partial charge is 0.478 e. The summed E-state index contributed by atoms with van der Waals surface area (Å²) in [5, 5.41) is 3.48. The standard InChI is InChI=1S/C23H31N5O2.HI/c1-3-29-22-19(10-7-11-25-22)14-26-23(24-2)28-16-20-21(17-28)30-13-12-27(20)15-18-8-5-4-6-9-18;/h4-11,20-21H,3,12-17H2,1-2H3,(H,24,26);1H. The Balaban J connectivity index is 0.00000272. The molecule has 3 heterocycles. The molecule has 2 aliphatic rings. The molecule has 0 radical (unpaired) electrons. The van der Waals surface area contributed by atoms with Crippen molar-refractivity contribution in [2.75, 3.05) is 39.9 Å². The number of guanidine groups is 1. The van der Waals surface area contributed by atoms with Gasteiger partial charge >= 0.3 is 0 Å². The molecule has 0 amide bonds. The normalized spacial score (nSPS) is 21.4. The smallest absolute Gasteiger partial charge is 0.218 e. The van der Waals surface area contributed by atoms with Crippen molar-refractivity contribution in [3.8, 4) is 5.88 Å². The first-order valence-electron chi connectivity index (χ1n) is 10.7. The van der Waals surface area contributed by atoms with Gasteiger partial charge in [0.15, 0.2) is 5.96 Å². The molecule has 2 unspecified atom stereocenters. The molecule has 7 nitrogen and oxygen atoms in total. The lowest BCUT2D eigenvalue weighted by Crippen LogP contribution is -2.50. The monoisotopic (exact) mass is 537 g/mol. The van der Waals surface area contributed by atoms with E-state index in [0.29, 0.717) is 25.1 Å². The van der Waals surface area contributed by atoms with E-state index in [2.05, 4.69) is 55.4 Å². The summed E-state index contributed by atoms with van der Waals surface area (Å²) in [6, 6.07) is 15.0. The minimum atomic E-state index is 0. The molecule has 2 atom stereocenters. The number of aliphatic imine (C=N–C) groups is 1. The van der Waals surface area contributed by atoms with Crippen molar-refractivity contribution >= 4 is 29.9 Å². The van der Waals surface area contributed by atoms with E-state index in [9.17, 15) is 0 Å². The lowest BCUT2D eigenvalue weighted by molar-refractivity contribution is -0.0502. The highest BCUT2D eigenvalue weighted by Crippen LogP contribution is 2.25. The van der Waals surface area contributed by atoms with Crippen LogP contribution in [0, 0.1) is 0 Å². The number of benzene rings is 1. The van der Waals surface area contributed by atoms with Gasteiger partial charge in [-0.3, -0.25) is 9.89 Å². The van der Waals surface area contributed by atoms with E-state index in [1.54, 1.807) is 6.20 Å². The maximum absolute atomic E-state index is 6.11. The van der Waals surface area contributed by atoms with Crippen LogP contribution in [0.4, 0.5) is 0 Å². The van der Waals surface area contributed by atoms with Crippen LogP contribution in [-0.2, 0) is 17.8 Å². The molecule has 1 aromatic heterocycles. The Hall–Kier alpha value is -1.91. The van der Waals surface area contributed by atoms with Crippen LogP contribution in [0.25, 0.3) is 0 Å². The number of halogens is 1. The zero-order chi connectivity index (χ0) is 20.8. The second-order valence-electron chi connectivity index (χ2n) is 7.64. The number of nitrogens with one attached hydrogen (secondary N) is 1. The molecule has 0 saturated carbocycles. The van der Waals surface area contributed by atoms with Crippen molar-refractivity contribution in [1.82, 2.24) is 20.1 Å². The Morgan fingerprint density at radius 3 is 2.84 bits per heavy atom. The lowest BCUT2D eigenvalue weighted by atomic mass is 10.1. The summed E-state index contributed by atoms with van der Waals surface area (Å²) in [4.78, 5) is 13.7. The van der Waals surface area contributed by atoms with Crippen LogP contribution in [0.3, 0.4) is 0 Å². The van der Waals surface area contributed by atoms with E-state index < -0.39 is 0 Å². The van der Waals surface area contributed by atoms with E-state index in [1.807, 2.05) is 26.1 Å². The highest BCUT2D eigenvalue weighted by Gasteiger charge is 2.41. The molecule has 4 rings (SSSR count). The van der Waals surface area contributed by atoms with Crippen molar-refractivity contribution in [2.24, 2.45) is 4.99 Å². The number of ether oxygens (including phenoxy) is 2. The van der Waals surface area contributed by atoms with Crippen LogP contribution >= 0.6 is 24.0 Å². The highest BCUT2D eigenvalue weighted by molar-refractivity contribution is 14.0. The molecule has 2 aromatic rings. The van der Waals surface area contributed by atoms with E-state index in [4.69, 9.17) is 9.47 Å². The molecule has 2 saturated heterocycles. The van der Waals surface area contributed by atoms with E-state index >= 15 is 0 Å². The second-order valence-corrected chi connectivity index (χ2v) is 7.64. The molecule has 168 valence electrons. The molecule has 0 bridgehead atoms. The van der Waals surface area contributed by atoms with Crippen molar-refractivity contribution in [3.63, 3.8) is 0 Å². The number of fused-ring (bicyclic) bond motifs is 1. The van der Waals surface area contributed by atoms with Crippen molar-refractivity contribution in [3.05, 3.63) is 59.8 Å². The Bertz CT molecular complexity index is 851. The number of morpholine rings is 1. The number of rotatable bonds is 6. The fourth-order valence-corrected chi connectivity index (χ4v) is 4.28. The molecule has 8 heteroatoms. The number of nitrogens with zero attached hydrogens (tertiary/aromatic N) is 4. The SMILES string of the molecule is CCOc1ncccc1CNC(=NC)N1CC2OCCN(Cc3ccccc3)C2C1.I. The third-order valence-corrected chi connectivity index (χ3v) is 5.72. The minimum Gasteiger partial charge on any atom is -0.478 e. The topological polar surface area (TPSA) is 62.2 Å². The maximum Gasteiger partial charge on any atom is 0.218 e. The van der Waals surface area contributed by atoms with Gasteiger partial charge in [0.05, 0.1) is 25.4 Å². The fraction of sp³-hybridized carbons (Fsp3) is 0.478. The van der Waals surface area contributed by atoms with Crippen LogP contribution < -0.4 is 10.1 Å². The van der Waals surface area contributed by atoms with Crippen molar-refractivity contribution in [2.45, 2.75) is 32.2 Å². The number of likely N-dealkylation sites (tertiary alicyclic amines) is 1. The van der Waals surface area contributed by atoms with Gasteiger partial charge in [-0.1, -0.05) is 36.4 Å². The van der Waals surface area contributed by atoms with Crippen LogP contribution in [0.15, 0.2) is 53.7 Å². The quantitative estimate of drug-likeness (QED) is 0.348. The fourth-order valence-electron chi connectivity index (χ4n) is 4.28. The summed E-state index contributed by atoms with van der Waals surface area (Å²) in [5.41, 5.74) is 2.37. The van der Waals surface area contributed by atoms with Gasteiger partial charge < -0.3 is 19.7 Å². The predicted molar refractivity (Wildman–Crippen MR) is 133 cm³/mol. The number of aromatic nitrogens is 1. The minimum absolute atomic E-state index is 0. The Morgan fingerprint density at radius 2 is 2.06 bits per heavy atom. The predicted octanol–water partition coefficient (Wildman–Crippen LogP) is 2.76. The molecule has 2 aliphatic heterocycles. The van der Waals surface area contributed by atoms with Crippen LogP contribution in [0.1, 0.15) is 18.1 Å². The molecular formula is C23H32IN5O2. The molecule has 0 spiro atoms. The first-order valence-corrected chi connectivity index (χ1v) is 10.7. The number of hydrogen-bond acceptors (Lipinski definition) is 5. The zero-order valence-electron chi connectivity index (χ0n) is 18.2. The van der Waals surface area contributed by atoms with E-state index in [0.717, 1.165) is 44.3 Å². The second kappa shape index (κ2) is 11.6. The third kappa shape index (κ3) is 5.87. The Morgan fingerprint density at radius 1 is 1.23 bits per heavy atom. The van der Waals surface area contributed by atoms with Crippen LogP contribution in [0.2, 0.25) is 0 Å². The average Bonchev–Trinajstić information content (AvgIpc) is 3.21. The van der Waals surface area contributed by atoms with Gasteiger partial charge in [-0.15, -0.1) is 24.0 Å². The Labute approximate surface area is 201 Å². The number of hydrogen-bond donors (Lipinski definition) is 1. The Kier molecular flexibility index (Phi) is 8.91. The average molecular weight is 537 g/mol. The zero-order valence-corrected chi connectivity index (χ0v) is 20.6. The van der Waals surface area contributed by atoms with E-state index in [-0.39, 0.29) is 30.1 Å². The first kappa shape index (κ1) is 23.7. The highest BCUT2D eigenvalue weighted by atomic mass is 127. The maximum atomic E-state index is 6.11. The van der Waals surface area contributed by atoms with Gasteiger partial charge in [-0.05, 0) is 18.6 Å². The summed E-state index contributed by atoms with van der Waals surface area (Å²) in [5.74, 6) is 1.56.